The summed E-state index contributed by atoms with van der Waals surface area (Å²) in [6, 6.07) is 7.94. The number of likely N-dealkylation sites (tertiary alicyclic amines) is 1. The topological polar surface area (TPSA) is 58.6 Å². The average molecular weight is 358 g/mol. The zero-order valence-corrected chi connectivity index (χ0v) is 15.9. The van der Waals surface area contributed by atoms with Gasteiger partial charge in [0.05, 0.1) is 7.11 Å². The Morgan fingerprint density at radius 1 is 1.27 bits per heavy atom. The highest BCUT2D eigenvalue weighted by atomic mass is 16.5. The maximum absolute atomic E-state index is 13.1. The van der Waals surface area contributed by atoms with Crippen molar-refractivity contribution in [2.24, 2.45) is 0 Å². The first-order valence-electron chi connectivity index (χ1n) is 9.77. The third kappa shape index (κ3) is 4.02. The molecule has 1 aliphatic heterocycles. The lowest BCUT2D eigenvalue weighted by Crippen LogP contribution is -2.56. The van der Waals surface area contributed by atoms with Crippen molar-refractivity contribution in [3.63, 3.8) is 0 Å². The lowest BCUT2D eigenvalue weighted by atomic mass is 9.95. The summed E-state index contributed by atoms with van der Waals surface area (Å²) in [7, 11) is 1.63. The quantitative estimate of drug-likeness (QED) is 0.821. The molecule has 0 unspecified atom stereocenters. The summed E-state index contributed by atoms with van der Waals surface area (Å²) in [4.78, 5) is 27.3. The fourth-order valence-corrected chi connectivity index (χ4v) is 4.11. The van der Waals surface area contributed by atoms with Crippen molar-refractivity contribution < 1.29 is 14.3 Å². The number of hydrogen-bond donors (Lipinski definition) is 1. The van der Waals surface area contributed by atoms with Crippen LogP contribution in [0.1, 0.15) is 63.9 Å². The molecule has 26 heavy (non-hydrogen) atoms. The summed E-state index contributed by atoms with van der Waals surface area (Å²) in [5, 5.41) is 3.24. The number of hydrogen-bond acceptors (Lipinski definition) is 3. The normalized spacial score (nSPS) is 24.4. The van der Waals surface area contributed by atoms with Gasteiger partial charge in [0.15, 0.2) is 0 Å². The standard InChI is InChI=1S/C21H30N2O3/c1-21(20(25)22-17-9-5-3-4-6-10-17)13-12-19(24)23(21)15-16-8-7-11-18(14-16)26-2/h7-8,11,14,17H,3-6,9-10,12-13,15H2,1-2H3,(H,22,25)/t21-/m0/s1. The molecule has 1 aromatic rings. The van der Waals surface area contributed by atoms with Crippen LogP contribution in [0.5, 0.6) is 5.75 Å². The van der Waals surface area contributed by atoms with Gasteiger partial charge in [-0.15, -0.1) is 0 Å². The van der Waals surface area contributed by atoms with E-state index in [0.717, 1.165) is 24.2 Å². The largest absolute Gasteiger partial charge is 0.497 e. The third-order valence-corrected chi connectivity index (χ3v) is 5.88. The van der Waals surface area contributed by atoms with E-state index in [0.29, 0.717) is 19.4 Å². The van der Waals surface area contributed by atoms with Crippen molar-refractivity contribution in [3.05, 3.63) is 29.8 Å². The molecule has 0 radical (unpaired) electrons. The fourth-order valence-electron chi connectivity index (χ4n) is 4.11. The molecule has 3 rings (SSSR count). The van der Waals surface area contributed by atoms with E-state index < -0.39 is 5.54 Å². The zero-order valence-electron chi connectivity index (χ0n) is 15.9. The van der Waals surface area contributed by atoms with Gasteiger partial charge in [0.2, 0.25) is 11.8 Å². The molecular weight excluding hydrogens is 328 g/mol. The van der Waals surface area contributed by atoms with Gasteiger partial charge < -0.3 is 15.0 Å². The molecule has 142 valence electrons. The van der Waals surface area contributed by atoms with Gasteiger partial charge in [0, 0.05) is 19.0 Å². The molecule has 5 nitrogen and oxygen atoms in total. The van der Waals surface area contributed by atoms with Crippen LogP contribution in [0.4, 0.5) is 0 Å². The van der Waals surface area contributed by atoms with Gasteiger partial charge in [0.1, 0.15) is 11.3 Å². The Morgan fingerprint density at radius 2 is 2.00 bits per heavy atom. The third-order valence-electron chi connectivity index (χ3n) is 5.88. The van der Waals surface area contributed by atoms with Crippen LogP contribution in [0.3, 0.4) is 0 Å². The van der Waals surface area contributed by atoms with E-state index >= 15 is 0 Å². The molecule has 1 saturated heterocycles. The van der Waals surface area contributed by atoms with Crippen LogP contribution < -0.4 is 10.1 Å². The second-order valence-corrected chi connectivity index (χ2v) is 7.77. The summed E-state index contributed by atoms with van der Waals surface area (Å²) < 4.78 is 5.28. The number of amides is 2. The van der Waals surface area contributed by atoms with Crippen molar-refractivity contribution in [1.82, 2.24) is 10.2 Å². The van der Waals surface area contributed by atoms with Crippen molar-refractivity contribution in [2.75, 3.05) is 7.11 Å². The molecule has 5 heteroatoms. The monoisotopic (exact) mass is 358 g/mol. The molecule has 1 atom stereocenters. The molecule has 1 aromatic carbocycles. The molecular formula is C21H30N2O3. The van der Waals surface area contributed by atoms with E-state index in [2.05, 4.69) is 5.32 Å². The van der Waals surface area contributed by atoms with Gasteiger partial charge in [-0.3, -0.25) is 9.59 Å². The molecule has 1 aliphatic carbocycles. The predicted octanol–water partition coefficient (Wildman–Crippen LogP) is 3.42. The Hall–Kier alpha value is -2.04. The molecule has 0 spiro atoms. The number of ether oxygens (including phenoxy) is 1. The van der Waals surface area contributed by atoms with Crippen LogP contribution >= 0.6 is 0 Å². The maximum Gasteiger partial charge on any atom is 0.245 e. The first-order chi connectivity index (χ1) is 12.5. The van der Waals surface area contributed by atoms with E-state index in [1.54, 1.807) is 12.0 Å². The molecule has 1 N–H and O–H groups in total. The Labute approximate surface area is 156 Å². The summed E-state index contributed by atoms with van der Waals surface area (Å²) >= 11 is 0. The first-order valence-corrected chi connectivity index (χ1v) is 9.77. The number of methoxy groups -OCH3 is 1. The molecule has 1 saturated carbocycles. The lowest BCUT2D eigenvalue weighted by molar-refractivity contribution is -0.141. The Morgan fingerprint density at radius 3 is 2.69 bits per heavy atom. The second kappa shape index (κ2) is 8.11. The number of carbonyl (C=O) groups is 2. The van der Waals surface area contributed by atoms with Crippen LogP contribution in [-0.2, 0) is 16.1 Å². The Balaban J connectivity index is 1.72. The van der Waals surface area contributed by atoms with Gasteiger partial charge in [0.25, 0.3) is 0 Å². The number of carbonyl (C=O) groups excluding carboxylic acids is 2. The van der Waals surface area contributed by atoms with Crippen molar-refractivity contribution in [2.45, 2.75) is 76.4 Å². The SMILES string of the molecule is COc1cccc(CN2C(=O)CC[C@@]2(C)C(=O)NC2CCCCCC2)c1. The zero-order chi connectivity index (χ0) is 18.6. The molecule has 2 amide bonds. The van der Waals surface area contributed by atoms with Crippen LogP contribution in [-0.4, -0.2) is 35.4 Å². The van der Waals surface area contributed by atoms with Crippen molar-refractivity contribution in [1.29, 1.82) is 0 Å². The first kappa shape index (κ1) is 18.7. The highest BCUT2D eigenvalue weighted by Crippen LogP contribution is 2.33. The van der Waals surface area contributed by atoms with Gasteiger partial charge in [-0.2, -0.15) is 0 Å². The van der Waals surface area contributed by atoms with E-state index in [9.17, 15) is 9.59 Å². The number of benzene rings is 1. The Bertz CT molecular complexity index is 652. The van der Waals surface area contributed by atoms with Crippen LogP contribution in [0.2, 0.25) is 0 Å². The van der Waals surface area contributed by atoms with Crippen LogP contribution in [0, 0.1) is 0 Å². The lowest BCUT2D eigenvalue weighted by Gasteiger charge is -2.35. The highest BCUT2D eigenvalue weighted by Gasteiger charge is 2.47. The second-order valence-electron chi connectivity index (χ2n) is 7.77. The van der Waals surface area contributed by atoms with Gasteiger partial charge in [-0.05, 0) is 43.9 Å². The fraction of sp³-hybridized carbons (Fsp3) is 0.619. The minimum absolute atomic E-state index is 0.00172. The summed E-state index contributed by atoms with van der Waals surface area (Å²) in [6.45, 7) is 2.34. The van der Waals surface area contributed by atoms with Crippen molar-refractivity contribution >= 4 is 11.8 Å². The minimum atomic E-state index is -0.771. The van der Waals surface area contributed by atoms with E-state index in [1.165, 1.54) is 25.7 Å². The summed E-state index contributed by atoms with van der Waals surface area (Å²) in [5.41, 5.74) is 0.208. The average Bonchev–Trinajstić information content (AvgIpc) is 2.83. The molecule has 2 fully saturated rings. The van der Waals surface area contributed by atoms with Gasteiger partial charge in [-0.1, -0.05) is 37.8 Å². The van der Waals surface area contributed by atoms with Crippen molar-refractivity contribution in [3.8, 4) is 5.75 Å². The van der Waals surface area contributed by atoms with E-state index in [-0.39, 0.29) is 17.9 Å². The minimum Gasteiger partial charge on any atom is -0.497 e. The number of rotatable bonds is 5. The predicted molar refractivity (Wildman–Crippen MR) is 101 cm³/mol. The van der Waals surface area contributed by atoms with Crippen LogP contribution in [0.15, 0.2) is 24.3 Å². The summed E-state index contributed by atoms with van der Waals surface area (Å²) in [6.07, 6.45) is 7.96. The number of nitrogens with zero attached hydrogens (tertiary/aromatic N) is 1. The molecule has 2 aliphatic rings. The molecule has 1 heterocycles. The van der Waals surface area contributed by atoms with E-state index in [1.807, 2.05) is 31.2 Å². The van der Waals surface area contributed by atoms with Crippen LogP contribution in [0.25, 0.3) is 0 Å². The Kier molecular flexibility index (Phi) is 5.84. The van der Waals surface area contributed by atoms with Gasteiger partial charge in [-0.25, -0.2) is 0 Å². The molecule has 0 aromatic heterocycles. The smallest absolute Gasteiger partial charge is 0.245 e. The summed E-state index contributed by atoms with van der Waals surface area (Å²) in [5.74, 6) is 0.809. The maximum atomic E-state index is 13.1. The number of nitrogens with one attached hydrogen (secondary N) is 1. The van der Waals surface area contributed by atoms with E-state index in [4.69, 9.17) is 4.74 Å². The highest BCUT2D eigenvalue weighted by molar-refractivity contribution is 5.94. The van der Waals surface area contributed by atoms with Gasteiger partial charge >= 0.3 is 0 Å². The molecule has 0 bridgehead atoms.